The fraction of sp³-hybridized carbons (Fsp3) is 0.286. The number of hydrogen-bond acceptors (Lipinski definition) is 4. The van der Waals surface area contributed by atoms with Crippen LogP contribution in [0.4, 0.5) is 10.1 Å². The van der Waals surface area contributed by atoms with Gasteiger partial charge < -0.3 is 14.4 Å². The fourth-order valence-electron chi connectivity index (χ4n) is 3.57. The largest absolute Gasteiger partial charge is 0.495 e. The predicted molar refractivity (Wildman–Crippen MR) is 103 cm³/mol. The number of anilines is 1. The van der Waals surface area contributed by atoms with Gasteiger partial charge in [0, 0.05) is 41.2 Å². The van der Waals surface area contributed by atoms with Gasteiger partial charge in [0.2, 0.25) is 0 Å². The highest BCUT2D eigenvalue weighted by atomic mass is 35.5. The lowest BCUT2D eigenvalue weighted by molar-refractivity contribution is 0.104. The summed E-state index contributed by atoms with van der Waals surface area (Å²) >= 11 is 5.80. The van der Waals surface area contributed by atoms with Crippen LogP contribution in [0.15, 0.2) is 35.9 Å². The van der Waals surface area contributed by atoms with Crippen molar-refractivity contribution >= 4 is 29.1 Å². The number of ketones is 1. The van der Waals surface area contributed by atoms with Gasteiger partial charge in [-0.05, 0) is 35.9 Å². The van der Waals surface area contributed by atoms with Crippen molar-refractivity contribution in [1.29, 1.82) is 0 Å². The van der Waals surface area contributed by atoms with E-state index in [9.17, 15) is 9.18 Å². The number of ether oxygens (including phenoxy) is 2. The predicted octanol–water partition coefficient (Wildman–Crippen LogP) is 4.15. The molecule has 0 saturated carbocycles. The molecule has 0 amide bonds. The van der Waals surface area contributed by atoms with Crippen molar-refractivity contribution in [3.8, 4) is 5.75 Å². The van der Waals surface area contributed by atoms with E-state index in [1.54, 1.807) is 31.4 Å². The van der Waals surface area contributed by atoms with Crippen LogP contribution in [-0.4, -0.2) is 39.2 Å². The van der Waals surface area contributed by atoms with E-state index in [0.29, 0.717) is 47.1 Å². The maximum Gasteiger partial charge on any atom is 0.189 e. The van der Waals surface area contributed by atoms with Crippen molar-refractivity contribution in [1.82, 2.24) is 0 Å². The summed E-state index contributed by atoms with van der Waals surface area (Å²) in [7, 11) is 1.60. The third-order valence-electron chi connectivity index (χ3n) is 4.97. The van der Waals surface area contributed by atoms with Gasteiger partial charge in [0.25, 0.3) is 0 Å². The smallest absolute Gasteiger partial charge is 0.189 e. The van der Waals surface area contributed by atoms with E-state index < -0.39 is 5.82 Å². The van der Waals surface area contributed by atoms with E-state index in [2.05, 4.69) is 4.90 Å². The van der Waals surface area contributed by atoms with Crippen molar-refractivity contribution in [2.24, 2.45) is 0 Å². The Hall–Kier alpha value is -2.37. The third kappa shape index (κ3) is 3.45. The van der Waals surface area contributed by atoms with Crippen LogP contribution in [0, 0.1) is 5.82 Å². The van der Waals surface area contributed by atoms with Gasteiger partial charge in [0.05, 0.1) is 26.0 Å². The summed E-state index contributed by atoms with van der Waals surface area (Å²) in [5.41, 5.74) is 3.43. The van der Waals surface area contributed by atoms with Gasteiger partial charge in [-0.2, -0.15) is 0 Å². The minimum Gasteiger partial charge on any atom is -0.495 e. The minimum absolute atomic E-state index is 0.0915. The topological polar surface area (TPSA) is 38.8 Å². The Morgan fingerprint density at radius 3 is 2.70 bits per heavy atom. The SMILES string of the molecule is COc1cc2c(cc1N1CCOCC1)CC(=Cc1ccc(Cl)cc1F)C2=O. The van der Waals surface area contributed by atoms with Gasteiger partial charge >= 0.3 is 0 Å². The first-order chi connectivity index (χ1) is 13.1. The number of carbonyl (C=O) groups is 1. The molecule has 1 aliphatic carbocycles. The third-order valence-corrected chi connectivity index (χ3v) is 5.20. The molecule has 1 fully saturated rings. The second-order valence-electron chi connectivity index (χ2n) is 6.62. The highest BCUT2D eigenvalue weighted by Crippen LogP contribution is 2.38. The number of nitrogens with zero attached hydrogens (tertiary/aromatic N) is 1. The molecule has 1 saturated heterocycles. The number of allylic oxidation sites excluding steroid dienone is 1. The van der Waals surface area contributed by atoms with Crippen LogP contribution in [0.25, 0.3) is 6.08 Å². The van der Waals surface area contributed by atoms with Crippen molar-refractivity contribution in [2.45, 2.75) is 6.42 Å². The fourth-order valence-corrected chi connectivity index (χ4v) is 3.72. The van der Waals surface area contributed by atoms with Crippen LogP contribution in [0.1, 0.15) is 21.5 Å². The molecule has 0 N–H and O–H groups in total. The molecule has 0 spiro atoms. The van der Waals surface area contributed by atoms with Crippen molar-refractivity contribution in [3.63, 3.8) is 0 Å². The Kier molecular flexibility index (Phi) is 4.89. The summed E-state index contributed by atoms with van der Waals surface area (Å²) in [5, 5.41) is 0.329. The zero-order valence-corrected chi connectivity index (χ0v) is 15.7. The average molecular weight is 388 g/mol. The minimum atomic E-state index is -0.439. The number of Topliss-reactive ketones (excluding diaryl/α,β-unsaturated/α-hetero) is 1. The second-order valence-corrected chi connectivity index (χ2v) is 7.06. The van der Waals surface area contributed by atoms with Crippen molar-refractivity contribution in [3.05, 3.63) is 63.4 Å². The molecular formula is C21H19ClFNO3. The van der Waals surface area contributed by atoms with Crippen LogP contribution in [0.5, 0.6) is 5.75 Å². The standard InChI is InChI=1S/C21H19ClFNO3/c1-26-20-12-17-14(10-19(20)24-4-6-27-7-5-24)9-15(21(17)25)8-13-2-3-16(22)11-18(13)23/h2-3,8,10-12H,4-7,9H2,1H3. The molecule has 2 aromatic carbocycles. The Balaban J connectivity index is 1.70. The number of rotatable bonds is 3. The number of fused-ring (bicyclic) bond motifs is 1. The van der Waals surface area contributed by atoms with Crippen LogP contribution < -0.4 is 9.64 Å². The molecule has 140 valence electrons. The number of methoxy groups -OCH3 is 1. The molecular weight excluding hydrogens is 369 g/mol. The molecule has 0 unspecified atom stereocenters. The molecule has 1 heterocycles. The van der Waals surface area contributed by atoms with E-state index in [0.717, 1.165) is 24.3 Å². The van der Waals surface area contributed by atoms with Gasteiger partial charge in [-0.3, -0.25) is 4.79 Å². The van der Waals surface area contributed by atoms with Gasteiger partial charge in [0.15, 0.2) is 5.78 Å². The van der Waals surface area contributed by atoms with Gasteiger partial charge in [-0.1, -0.05) is 17.7 Å². The van der Waals surface area contributed by atoms with E-state index in [-0.39, 0.29) is 5.78 Å². The summed E-state index contributed by atoms with van der Waals surface area (Å²) in [4.78, 5) is 15.0. The Labute approximate surface area is 162 Å². The van der Waals surface area contributed by atoms with E-state index in [4.69, 9.17) is 21.1 Å². The summed E-state index contributed by atoms with van der Waals surface area (Å²) < 4.78 is 25.1. The molecule has 27 heavy (non-hydrogen) atoms. The molecule has 1 aliphatic heterocycles. The average Bonchev–Trinajstić information content (AvgIpc) is 2.98. The summed E-state index contributed by atoms with van der Waals surface area (Å²) in [5.74, 6) is 0.138. The lowest BCUT2D eigenvalue weighted by Gasteiger charge is -2.30. The maximum atomic E-state index is 14.1. The first kappa shape index (κ1) is 18.0. The Morgan fingerprint density at radius 1 is 1.22 bits per heavy atom. The number of morpholine rings is 1. The van der Waals surface area contributed by atoms with E-state index in [1.807, 2.05) is 6.07 Å². The first-order valence-electron chi connectivity index (χ1n) is 8.81. The molecule has 0 radical (unpaired) electrons. The number of halogens is 2. The summed E-state index contributed by atoms with van der Waals surface area (Å²) in [6.07, 6.45) is 2.08. The summed E-state index contributed by atoms with van der Waals surface area (Å²) in [6, 6.07) is 8.25. The van der Waals surface area contributed by atoms with Crippen LogP contribution in [-0.2, 0) is 11.2 Å². The van der Waals surface area contributed by atoms with Crippen molar-refractivity contribution in [2.75, 3.05) is 38.3 Å². The van der Waals surface area contributed by atoms with Gasteiger partial charge in [-0.15, -0.1) is 0 Å². The lowest BCUT2D eigenvalue weighted by Crippen LogP contribution is -2.36. The molecule has 2 aromatic rings. The number of benzene rings is 2. The number of carbonyl (C=O) groups excluding carboxylic acids is 1. The zero-order chi connectivity index (χ0) is 19.0. The lowest BCUT2D eigenvalue weighted by atomic mass is 10.1. The normalized spacial score (nSPS) is 18.1. The molecule has 0 atom stereocenters. The molecule has 6 heteroatoms. The molecule has 0 bridgehead atoms. The van der Waals surface area contributed by atoms with Crippen molar-refractivity contribution < 1.29 is 18.7 Å². The quantitative estimate of drug-likeness (QED) is 0.742. The maximum absolute atomic E-state index is 14.1. The Morgan fingerprint density at radius 2 is 2.00 bits per heavy atom. The summed E-state index contributed by atoms with van der Waals surface area (Å²) in [6.45, 7) is 2.89. The molecule has 4 nitrogen and oxygen atoms in total. The van der Waals surface area contributed by atoms with E-state index >= 15 is 0 Å². The number of hydrogen-bond donors (Lipinski definition) is 0. The Bertz CT molecular complexity index is 935. The van der Waals surface area contributed by atoms with Crippen LogP contribution in [0.3, 0.4) is 0 Å². The second kappa shape index (κ2) is 7.33. The monoisotopic (exact) mass is 387 g/mol. The van der Waals surface area contributed by atoms with Gasteiger partial charge in [0.1, 0.15) is 11.6 Å². The highest BCUT2D eigenvalue weighted by Gasteiger charge is 2.28. The van der Waals surface area contributed by atoms with Crippen LogP contribution in [0.2, 0.25) is 5.02 Å². The molecule has 2 aliphatic rings. The zero-order valence-electron chi connectivity index (χ0n) is 14.9. The molecule has 4 rings (SSSR count). The van der Waals surface area contributed by atoms with Gasteiger partial charge in [-0.25, -0.2) is 4.39 Å². The van der Waals surface area contributed by atoms with E-state index in [1.165, 1.54) is 6.07 Å². The van der Waals surface area contributed by atoms with Crippen LogP contribution >= 0.6 is 11.6 Å². The molecule has 0 aromatic heterocycles. The first-order valence-corrected chi connectivity index (χ1v) is 9.18. The highest BCUT2D eigenvalue weighted by molar-refractivity contribution is 6.30.